The smallest absolute Gasteiger partial charge is 0.229 e. The molecule has 35 heavy (non-hydrogen) atoms. The molecule has 2 fully saturated rings. The van der Waals surface area contributed by atoms with Crippen molar-refractivity contribution in [3.05, 3.63) is 40.4 Å². The van der Waals surface area contributed by atoms with E-state index in [-0.39, 0.29) is 17.9 Å². The van der Waals surface area contributed by atoms with Crippen molar-refractivity contribution in [1.29, 1.82) is 5.26 Å². The molecule has 2 aliphatic rings. The summed E-state index contributed by atoms with van der Waals surface area (Å²) < 4.78 is 33.3. The normalized spacial score (nSPS) is 18.7. The van der Waals surface area contributed by atoms with E-state index < -0.39 is 10.0 Å². The maximum absolute atomic E-state index is 13.1. The molecule has 2 aromatic rings. The van der Waals surface area contributed by atoms with E-state index in [0.29, 0.717) is 37.6 Å². The van der Waals surface area contributed by atoms with Gasteiger partial charge in [0, 0.05) is 35.4 Å². The highest BCUT2D eigenvalue weighted by Gasteiger charge is 2.28. The fourth-order valence-electron chi connectivity index (χ4n) is 4.80. The molecule has 8 nitrogen and oxygen atoms in total. The lowest BCUT2D eigenvalue weighted by Crippen LogP contribution is -2.44. The zero-order valence-electron chi connectivity index (χ0n) is 20.5. The summed E-state index contributed by atoms with van der Waals surface area (Å²) in [6, 6.07) is 9.74. The first-order valence-electron chi connectivity index (χ1n) is 12.0. The molecule has 1 aromatic heterocycles. The van der Waals surface area contributed by atoms with E-state index in [0.717, 1.165) is 47.3 Å². The van der Waals surface area contributed by atoms with Crippen molar-refractivity contribution < 1.29 is 17.9 Å². The number of amides is 1. The number of anilines is 1. The Morgan fingerprint density at radius 1 is 1.23 bits per heavy atom. The van der Waals surface area contributed by atoms with E-state index >= 15 is 0 Å². The van der Waals surface area contributed by atoms with Crippen molar-refractivity contribution >= 4 is 33.8 Å². The number of aromatic nitrogens is 1. The predicted octanol–water partition coefficient (Wildman–Crippen LogP) is 2.20. The minimum atomic E-state index is -3.38. The van der Waals surface area contributed by atoms with Crippen molar-refractivity contribution in [3.63, 3.8) is 0 Å². The molecule has 1 saturated carbocycles. The fraction of sp³-hybridized carbons (Fsp3) is 0.462. The summed E-state index contributed by atoms with van der Waals surface area (Å²) in [5, 5.41) is 11.9. The number of nitriles is 1. The van der Waals surface area contributed by atoms with Gasteiger partial charge in [0.15, 0.2) is 0 Å². The average molecular weight is 497 g/mol. The summed E-state index contributed by atoms with van der Waals surface area (Å²) in [5.74, 6) is -0.283. The van der Waals surface area contributed by atoms with Gasteiger partial charge in [-0.25, -0.2) is 8.42 Å². The minimum absolute atomic E-state index is 0.0629. The SMILES string of the molecule is C/C=c1/c(C#N)c(-c2ccc(NS(C)(=O)=O)cc2)n(C2CCC2)/c1=C/C(C)C(=O)N1CCOCC1. The quantitative estimate of drug-likeness (QED) is 0.660. The Morgan fingerprint density at radius 3 is 2.40 bits per heavy atom. The number of nitrogens with one attached hydrogen (secondary N) is 1. The molecule has 1 aliphatic heterocycles. The lowest BCUT2D eigenvalue weighted by molar-refractivity contribution is -0.137. The lowest BCUT2D eigenvalue weighted by Gasteiger charge is -2.30. The third-order valence-electron chi connectivity index (χ3n) is 6.70. The molecule has 1 aromatic carbocycles. The Balaban J connectivity index is 1.85. The van der Waals surface area contributed by atoms with Crippen LogP contribution in [0.25, 0.3) is 23.4 Å². The highest BCUT2D eigenvalue weighted by molar-refractivity contribution is 7.92. The van der Waals surface area contributed by atoms with E-state index in [4.69, 9.17) is 4.74 Å². The molecular weight excluding hydrogens is 464 g/mol. The van der Waals surface area contributed by atoms with Crippen LogP contribution in [0.2, 0.25) is 0 Å². The van der Waals surface area contributed by atoms with Gasteiger partial charge in [0.25, 0.3) is 0 Å². The number of ether oxygens (including phenoxy) is 1. The second-order valence-corrected chi connectivity index (χ2v) is 11.0. The van der Waals surface area contributed by atoms with Gasteiger partial charge in [0.2, 0.25) is 15.9 Å². The van der Waals surface area contributed by atoms with Gasteiger partial charge in [-0.15, -0.1) is 0 Å². The van der Waals surface area contributed by atoms with Crippen LogP contribution in [0.5, 0.6) is 0 Å². The maximum atomic E-state index is 13.1. The number of rotatable bonds is 6. The van der Waals surface area contributed by atoms with Crippen molar-refractivity contribution in [1.82, 2.24) is 9.47 Å². The van der Waals surface area contributed by atoms with Gasteiger partial charge >= 0.3 is 0 Å². The largest absolute Gasteiger partial charge is 0.378 e. The molecule has 1 saturated heterocycles. The van der Waals surface area contributed by atoms with Gasteiger partial charge < -0.3 is 14.2 Å². The number of carbonyl (C=O) groups is 1. The number of sulfonamides is 1. The molecule has 4 rings (SSSR count). The van der Waals surface area contributed by atoms with Crippen LogP contribution in [0.4, 0.5) is 5.69 Å². The monoisotopic (exact) mass is 496 g/mol. The summed E-state index contributed by atoms with van der Waals surface area (Å²) in [6.07, 6.45) is 8.19. The molecule has 1 unspecified atom stereocenters. The zero-order chi connectivity index (χ0) is 25.2. The molecule has 186 valence electrons. The molecule has 0 bridgehead atoms. The fourth-order valence-corrected chi connectivity index (χ4v) is 5.36. The second kappa shape index (κ2) is 10.3. The van der Waals surface area contributed by atoms with Crippen LogP contribution in [0.3, 0.4) is 0 Å². The van der Waals surface area contributed by atoms with Crippen LogP contribution in [-0.4, -0.2) is 56.4 Å². The first kappa shape index (κ1) is 25.0. The van der Waals surface area contributed by atoms with Crippen molar-refractivity contribution in [2.75, 3.05) is 37.3 Å². The Labute approximate surface area is 206 Å². The first-order chi connectivity index (χ1) is 16.7. The van der Waals surface area contributed by atoms with E-state index in [1.165, 1.54) is 0 Å². The van der Waals surface area contributed by atoms with Crippen LogP contribution in [0, 0.1) is 17.2 Å². The van der Waals surface area contributed by atoms with Crippen LogP contribution in [0.15, 0.2) is 24.3 Å². The third-order valence-corrected chi connectivity index (χ3v) is 7.31. The third kappa shape index (κ3) is 5.29. The van der Waals surface area contributed by atoms with Crippen molar-refractivity contribution in [2.24, 2.45) is 5.92 Å². The molecule has 0 spiro atoms. The number of hydrogen-bond donors (Lipinski definition) is 1. The van der Waals surface area contributed by atoms with Gasteiger partial charge in [0.05, 0.1) is 36.6 Å². The second-order valence-electron chi connectivity index (χ2n) is 9.22. The van der Waals surface area contributed by atoms with Crippen molar-refractivity contribution in [3.8, 4) is 17.3 Å². The number of carbonyl (C=O) groups excluding carboxylic acids is 1. The Hall–Kier alpha value is -3.09. The lowest BCUT2D eigenvalue weighted by atomic mass is 9.92. The first-order valence-corrected chi connectivity index (χ1v) is 13.9. The van der Waals surface area contributed by atoms with E-state index in [1.54, 1.807) is 12.1 Å². The number of nitrogens with zero attached hydrogens (tertiary/aromatic N) is 3. The summed E-state index contributed by atoms with van der Waals surface area (Å²) in [7, 11) is -3.38. The molecular formula is C26H32N4O4S. The molecule has 1 amide bonds. The van der Waals surface area contributed by atoms with Crippen LogP contribution in [-0.2, 0) is 19.6 Å². The molecule has 2 heterocycles. The number of benzene rings is 1. The highest BCUT2D eigenvalue weighted by Crippen LogP contribution is 2.35. The number of hydrogen-bond acceptors (Lipinski definition) is 5. The van der Waals surface area contributed by atoms with Crippen molar-refractivity contribution in [2.45, 2.75) is 39.2 Å². The van der Waals surface area contributed by atoms with E-state index in [9.17, 15) is 18.5 Å². The summed E-state index contributed by atoms with van der Waals surface area (Å²) in [4.78, 5) is 15.0. The van der Waals surface area contributed by atoms with Gasteiger partial charge in [0.1, 0.15) is 6.07 Å². The minimum Gasteiger partial charge on any atom is -0.378 e. The standard InChI is InChI=1S/C26H32N4O4S/c1-4-22-23(17-27)25(19-8-10-20(11-9-19)28-35(3,32)33)30(21-6-5-7-21)24(22)16-18(2)26(31)29-12-14-34-15-13-29/h4,8-11,16,18,21,28H,5-7,12-15H2,1-3H3/b22-4-,24-16+. The number of morpholine rings is 1. The van der Waals surface area contributed by atoms with E-state index in [1.807, 2.05) is 43.0 Å². The zero-order valence-corrected chi connectivity index (χ0v) is 21.3. The topological polar surface area (TPSA) is 104 Å². The van der Waals surface area contributed by atoms with E-state index in [2.05, 4.69) is 15.4 Å². The highest BCUT2D eigenvalue weighted by atomic mass is 32.2. The van der Waals surface area contributed by atoms with Crippen LogP contribution < -0.4 is 15.3 Å². The molecule has 1 N–H and O–H groups in total. The van der Waals surface area contributed by atoms with Crippen LogP contribution >= 0.6 is 0 Å². The van der Waals surface area contributed by atoms with Gasteiger partial charge in [-0.05, 0) is 50.0 Å². The Kier molecular flexibility index (Phi) is 7.33. The average Bonchev–Trinajstić information content (AvgIpc) is 3.10. The molecule has 1 aliphatic carbocycles. The van der Waals surface area contributed by atoms with Gasteiger partial charge in [-0.2, -0.15) is 5.26 Å². The summed E-state index contributed by atoms with van der Waals surface area (Å²) >= 11 is 0. The molecule has 0 radical (unpaired) electrons. The van der Waals surface area contributed by atoms with Crippen LogP contribution in [0.1, 0.15) is 44.7 Å². The predicted molar refractivity (Wildman–Crippen MR) is 136 cm³/mol. The maximum Gasteiger partial charge on any atom is 0.229 e. The summed E-state index contributed by atoms with van der Waals surface area (Å²) in [5.41, 5.74) is 2.69. The Bertz CT molecular complexity index is 1360. The summed E-state index contributed by atoms with van der Waals surface area (Å²) in [6.45, 7) is 6.12. The molecule has 1 atom stereocenters. The molecule has 9 heteroatoms. The van der Waals surface area contributed by atoms with Gasteiger partial charge in [-0.3, -0.25) is 9.52 Å². The Morgan fingerprint density at radius 2 is 1.89 bits per heavy atom. The van der Waals surface area contributed by atoms with Gasteiger partial charge in [-0.1, -0.05) is 25.1 Å².